The van der Waals surface area contributed by atoms with Crippen molar-refractivity contribution in [2.45, 2.75) is 39.2 Å². The Morgan fingerprint density at radius 2 is 1.82 bits per heavy atom. The van der Waals surface area contributed by atoms with Gasteiger partial charge in [-0.15, -0.1) is 0 Å². The lowest BCUT2D eigenvalue weighted by Crippen LogP contribution is -2.51. The average Bonchev–Trinajstić information content (AvgIpc) is 2.96. The maximum Gasteiger partial charge on any atom is 0.410 e. The Labute approximate surface area is 131 Å². The van der Waals surface area contributed by atoms with Gasteiger partial charge in [0, 0.05) is 39.0 Å². The Morgan fingerprint density at radius 1 is 1.18 bits per heavy atom. The first-order valence-electron chi connectivity index (χ1n) is 7.63. The van der Waals surface area contributed by atoms with E-state index in [1.165, 1.54) is 0 Å². The molecule has 0 radical (unpaired) electrons. The molecule has 0 aromatic carbocycles. The van der Waals surface area contributed by atoms with Gasteiger partial charge in [0.1, 0.15) is 11.4 Å². The summed E-state index contributed by atoms with van der Waals surface area (Å²) in [6.07, 6.45) is 2.34. The fourth-order valence-electron chi connectivity index (χ4n) is 2.31. The smallest absolute Gasteiger partial charge is 0.410 e. The maximum atomic E-state index is 12.1. The lowest BCUT2D eigenvalue weighted by molar-refractivity contribution is -0.133. The molecular formula is C16H24N2O4. The number of ether oxygens (including phenoxy) is 1. The number of aryl methyl sites for hydroxylation is 1. The van der Waals surface area contributed by atoms with Crippen LogP contribution < -0.4 is 0 Å². The van der Waals surface area contributed by atoms with Crippen molar-refractivity contribution in [3.05, 3.63) is 24.2 Å². The molecule has 2 heterocycles. The third-order valence-electron chi connectivity index (χ3n) is 3.45. The Kier molecular flexibility index (Phi) is 5.11. The number of piperazine rings is 1. The third kappa shape index (κ3) is 4.79. The molecule has 1 aliphatic heterocycles. The van der Waals surface area contributed by atoms with Crippen LogP contribution >= 0.6 is 0 Å². The van der Waals surface area contributed by atoms with Gasteiger partial charge < -0.3 is 19.0 Å². The van der Waals surface area contributed by atoms with Crippen molar-refractivity contribution in [1.82, 2.24) is 9.80 Å². The highest BCUT2D eigenvalue weighted by Gasteiger charge is 2.27. The number of hydrogen-bond donors (Lipinski definition) is 0. The second-order valence-electron chi connectivity index (χ2n) is 6.43. The van der Waals surface area contributed by atoms with E-state index in [4.69, 9.17) is 9.15 Å². The van der Waals surface area contributed by atoms with Crippen LogP contribution in [0.5, 0.6) is 0 Å². The molecule has 22 heavy (non-hydrogen) atoms. The minimum absolute atomic E-state index is 0.0974. The Hall–Kier alpha value is -1.98. The zero-order valence-corrected chi connectivity index (χ0v) is 13.5. The van der Waals surface area contributed by atoms with E-state index in [0.717, 1.165) is 5.76 Å². The molecule has 1 saturated heterocycles. The highest BCUT2D eigenvalue weighted by molar-refractivity contribution is 5.77. The summed E-state index contributed by atoms with van der Waals surface area (Å²) in [7, 11) is 0. The number of nitrogens with zero attached hydrogens (tertiary/aromatic N) is 2. The largest absolute Gasteiger partial charge is 0.469 e. The molecule has 1 aromatic rings. The Balaban J connectivity index is 1.74. The van der Waals surface area contributed by atoms with E-state index in [-0.39, 0.29) is 12.0 Å². The lowest BCUT2D eigenvalue weighted by Gasteiger charge is -2.35. The van der Waals surface area contributed by atoms with Gasteiger partial charge in [-0.2, -0.15) is 0 Å². The number of furan rings is 1. The molecule has 0 saturated carbocycles. The number of carbonyl (C=O) groups excluding carboxylic acids is 2. The van der Waals surface area contributed by atoms with Crippen LogP contribution in [0.3, 0.4) is 0 Å². The number of rotatable bonds is 3. The molecule has 0 unspecified atom stereocenters. The van der Waals surface area contributed by atoms with Crippen molar-refractivity contribution in [2.75, 3.05) is 26.2 Å². The average molecular weight is 308 g/mol. The van der Waals surface area contributed by atoms with E-state index >= 15 is 0 Å². The third-order valence-corrected chi connectivity index (χ3v) is 3.45. The number of amides is 2. The molecule has 6 nitrogen and oxygen atoms in total. The number of hydrogen-bond acceptors (Lipinski definition) is 4. The fourth-order valence-corrected chi connectivity index (χ4v) is 2.31. The van der Waals surface area contributed by atoms with Crippen LogP contribution in [0.4, 0.5) is 4.79 Å². The molecule has 1 aliphatic rings. The first kappa shape index (κ1) is 16.4. The van der Waals surface area contributed by atoms with Crippen molar-refractivity contribution in [3.8, 4) is 0 Å². The molecule has 1 fully saturated rings. The highest BCUT2D eigenvalue weighted by Crippen LogP contribution is 2.13. The van der Waals surface area contributed by atoms with Gasteiger partial charge in [0.15, 0.2) is 0 Å². The second kappa shape index (κ2) is 6.85. The maximum absolute atomic E-state index is 12.1. The topological polar surface area (TPSA) is 63.0 Å². The van der Waals surface area contributed by atoms with Crippen LogP contribution in [0.1, 0.15) is 33.0 Å². The predicted molar refractivity (Wildman–Crippen MR) is 81.4 cm³/mol. The molecule has 1 aromatic heterocycles. The molecular weight excluding hydrogens is 284 g/mol. The van der Waals surface area contributed by atoms with Gasteiger partial charge in [-0.1, -0.05) is 0 Å². The minimum atomic E-state index is -0.493. The summed E-state index contributed by atoms with van der Waals surface area (Å²) >= 11 is 0. The summed E-state index contributed by atoms with van der Waals surface area (Å²) in [4.78, 5) is 27.6. The van der Waals surface area contributed by atoms with Crippen LogP contribution in [0.25, 0.3) is 0 Å². The Bertz CT molecular complexity index is 497. The summed E-state index contributed by atoms with van der Waals surface area (Å²) in [6, 6.07) is 3.69. The van der Waals surface area contributed by atoms with Gasteiger partial charge in [-0.25, -0.2) is 4.79 Å². The summed E-state index contributed by atoms with van der Waals surface area (Å²) in [5.41, 5.74) is -0.493. The molecule has 122 valence electrons. The minimum Gasteiger partial charge on any atom is -0.469 e. The van der Waals surface area contributed by atoms with E-state index < -0.39 is 5.60 Å². The lowest BCUT2D eigenvalue weighted by atomic mass is 10.2. The normalized spacial score (nSPS) is 15.8. The zero-order valence-electron chi connectivity index (χ0n) is 13.5. The molecule has 0 aliphatic carbocycles. The standard InChI is InChI=1S/C16H24N2O4/c1-16(2,3)22-15(20)18-10-8-17(9-11-18)14(19)7-6-13-5-4-12-21-13/h4-5,12H,6-11H2,1-3H3. The Morgan fingerprint density at radius 3 is 2.36 bits per heavy atom. The monoisotopic (exact) mass is 308 g/mol. The molecule has 0 N–H and O–H groups in total. The quantitative estimate of drug-likeness (QED) is 0.859. The SMILES string of the molecule is CC(C)(C)OC(=O)N1CCN(C(=O)CCc2ccco2)CC1. The summed E-state index contributed by atoms with van der Waals surface area (Å²) < 4.78 is 10.6. The molecule has 2 rings (SSSR count). The van der Waals surface area contributed by atoms with Crippen molar-refractivity contribution >= 4 is 12.0 Å². The van der Waals surface area contributed by atoms with Gasteiger partial charge in [-0.05, 0) is 32.9 Å². The first-order chi connectivity index (χ1) is 10.3. The second-order valence-corrected chi connectivity index (χ2v) is 6.43. The van der Waals surface area contributed by atoms with Crippen molar-refractivity contribution in [3.63, 3.8) is 0 Å². The molecule has 0 atom stereocenters. The van der Waals surface area contributed by atoms with Gasteiger partial charge in [-0.3, -0.25) is 4.79 Å². The van der Waals surface area contributed by atoms with Crippen LogP contribution in [0.15, 0.2) is 22.8 Å². The van der Waals surface area contributed by atoms with E-state index in [1.807, 2.05) is 32.9 Å². The van der Waals surface area contributed by atoms with Crippen molar-refractivity contribution < 1.29 is 18.7 Å². The van der Waals surface area contributed by atoms with E-state index in [0.29, 0.717) is 39.0 Å². The predicted octanol–water partition coefficient (Wildman–Crippen LogP) is 2.29. The molecule has 2 amide bonds. The zero-order chi connectivity index (χ0) is 16.2. The van der Waals surface area contributed by atoms with Crippen molar-refractivity contribution in [1.29, 1.82) is 0 Å². The summed E-state index contributed by atoms with van der Waals surface area (Å²) in [6.45, 7) is 7.67. The summed E-state index contributed by atoms with van der Waals surface area (Å²) in [5.74, 6) is 0.918. The van der Waals surface area contributed by atoms with Gasteiger partial charge in [0.2, 0.25) is 5.91 Å². The van der Waals surface area contributed by atoms with Crippen LogP contribution in [0.2, 0.25) is 0 Å². The van der Waals surface area contributed by atoms with Gasteiger partial charge in [0.05, 0.1) is 6.26 Å². The van der Waals surface area contributed by atoms with Crippen LogP contribution in [-0.4, -0.2) is 53.6 Å². The van der Waals surface area contributed by atoms with Crippen LogP contribution in [-0.2, 0) is 16.0 Å². The molecule has 0 spiro atoms. The van der Waals surface area contributed by atoms with E-state index in [9.17, 15) is 9.59 Å². The van der Waals surface area contributed by atoms with Crippen molar-refractivity contribution in [2.24, 2.45) is 0 Å². The first-order valence-corrected chi connectivity index (χ1v) is 7.63. The number of carbonyl (C=O) groups is 2. The van der Waals surface area contributed by atoms with E-state index in [1.54, 1.807) is 16.1 Å². The van der Waals surface area contributed by atoms with Crippen LogP contribution in [0, 0.1) is 0 Å². The molecule has 6 heteroatoms. The summed E-state index contributed by atoms with van der Waals surface area (Å²) in [5, 5.41) is 0. The highest BCUT2D eigenvalue weighted by atomic mass is 16.6. The van der Waals surface area contributed by atoms with E-state index in [2.05, 4.69) is 0 Å². The fraction of sp³-hybridized carbons (Fsp3) is 0.625. The van der Waals surface area contributed by atoms with Gasteiger partial charge >= 0.3 is 6.09 Å². The molecule has 0 bridgehead atoms. The van der Waals surface area contributed by atoms with Gasteiger partial charge in [0.25, 0.3) is 0 Å².